The Kier molecular flexibility index (Phi) is 5.01. The number of carbonyl (C=O) groups excluding carboxylic acids is 1. The minimum atomic E-state index is -0.0783. The van der Waals surface area contributed by atoms with Crippen molar-refractivity contribution in [3.63, 3.8) is 0 Å². The molecule has 1 aromatic carbocycles. The van der Waals surface area contributed by atoms with Crippen LogP contribution >= 0.6 is 11.3 Å². The van der Waals surface area contributed by atoms with Crippen LogP contribution in [0.4, 0.5) is 5.69 Å². The summed E-state index contributed by atoms with van der Waals surface area (Å²) in [5.74, 6) is 0.799. The van der Waals surface area contributed by atoms with E-state index < -0.39 is 0 Å². The summed E-state index contributed by atoms with van der Waals surface area (Å²) in [5.41, 5.74) is 2.81. The van der Waals surface area contributed by atoms with Crippen LogP contribution < -0.4 is 10.2 Å². The molecule has 3 aromatic rings. The molecule has 0 bridgehead atoms. The van der Waals surface area contributed by atoms with Crippen LogP contribution in [0.25, 0.3) is 0 Å². The van der Waals surface area contributed by atoms with Crippen molar-refractivity contribution in [1.29, 1.82) is 0 Å². The molecule has 5 heteroatoms. The molecule has 0 aliphatic carbocycles. The second-order valence-electron chi connectivity index (χ2n) is 5.78. The normalized spacial score (nSPS) is 11.9. The first-order valence-corrected chi connectivity index (χ1v) is 8.70. The third-order valence-corrected chi connectivity index (χ3v) is 4.63. The van der Waals surface area contributed by atoms with E-state index in [0.717, 1.165) is 17.0 Å². The summed E-state index contributed by atoms with van der Waals surface area (Å²) in [6.07, 6.45) is 1.66. The smallest absolute Gasteiger partial charge is 0.251 e. The predicted octanol–water partition coefficient (Wildman–Crippen LogP) is 3.97. The van der Waals surface area contributed by atoms with Crippen LogP contribution in [0.5, 0.6) is 0 Å². The van der Waals surface area contributed by atoms with Crippen molar-refractivity contribution in [2.45, 2.75) is 5.92 Å². The number of furan rings is 1. The van der Waals surface area contributed by atoms with Gasteiger partial charge < -0.3 is 14.6 Å². The highest BCUT2D eigenvalue weighted by Crippen LogP contribution is 2.26. The highest BCUT2D eigenvalue weighted by Gasteiger charge is 2.19. The molecule has 0 aliphatic rings. The first kappa shape index (κ1) is 16.3. The maximum Gasteiger partial charge on any atom is 0.251 e. The number of rotatable bonds is 6. The molecular formula is C19H20N2O2S. The van der Waals surface area contributed by atoms with E-state index in [-0.39, 0.29) is 11.8 Å². The zero-order valence-corrected chi connectivity index (χ0v) is 14.5. The number of thiophene rings is 1. The Morgan fingerprint density at radius 2 is 2.12 bits per heavy atom. The first-order valence-electron chi connectivity index (χ1n) is 7.76. The second-order valence-corrected chi connectivity index (χ2v) is 6.56. The predicted molar refractivity (Wildman–Crippen MR) is 98.0 cm³/mol. The number of carbonyl (C=O) groups is 1. The standard InChI is InChI=1S/C19H20N2O2S/c1-21(2)16-6-3-5-14(11-16)19(22)20-12-17(15-8-10-24-13-15)18-7-4-9-23-18/h3-11,13,17H,12H2,1-2H3,(H,20,22). The van der Waals surface area contributed by atoms with Gasteiger partial charge in [0.1, 0.15) is 5.76 Å². The van der Waals surface area contributed by atoms with Crippen molar-refractivity contribution in [3.8, 4) is 0 Å². The van der Waals surface area contributed by atoms with Crippen LogP contribution in [-0.4, -0.2) is 26.5 Å². The molecule has 1 N–H and O–H groups in total. The van der Waals surface area contributed by atoms with Crippen LogP contribution in [0.1, 0.15) is 27.6 Å². The van der Waals surface area contributed by atoms with Gasteiger partial charge in [-0.05, 0) is 52.7 Å². The number of nitrogens with one attached hydrogen (secondary N) is 1. The number of amides is 1. The SMILES string of the molecule is CN(C)c1cccc(C(=O)NCC(c2ccsc2)c2ccco2)c1. The average molecular weight is 340 g/mol. The zero-order chi connectivity index (χ0) is 16.9. The number of benzene rings is 1. The first-order chi connectivity index (χ1) is 11.6. The Balaban J connectivity index is 1.73. The lowest BCUT2D eigenvalue weighted by Gasteiger charge is -2.16. The van der Waals surface area contributed by atoms with Crippen molar-refractivity contribution < 1.29 is 9.21 Å². The zero-order valence-electron chi connectivity index (χ0n) is 13.7. The second kappa shape index (κ2) is 7.36. The Morgan fingerprint density at radius 1 is 1.25 bits per heavy atom. The minimum Gasteiger partial charge on any atom is -0.469 e. The van der Waals surface area contributed by atoms with Gasteiger partial charge in [0.05, 0.1) is 12.2 Å². The maximum absolute atomic E-state index is 12.5. The van der Waals surface area contributed by atoms with Crippen LogP contribution in [0.15, 0.2) is 63.9 Å². The van der Waals surface area contributed by atoms with E-state index in [9.17, 15) is 4.79 Å². The summed E-state index contributed by atoms with van der Waals surface area (Å²) in [7, 11) is 3.92. The Bertz CT molecular complexity index is 745. The van der Waals surface area contributed by atoms with E-state index >= 15 is 0 Å². The number of anilines is 1. The largest absolute Gasteiger partial charge is 0.469 e. The summed E-state index contributed by atoms with van der Waals surface area (Å²) in [5, 5.41) is 7.15. The summed E-state index contributed by atoms with van der Waals surface area (Å²) >= 11 is 1.64. The van der Waals surface area contributed by atoms with Gasteiger partial charge in [0, 0.05) is 31.9 Å². The monoisotopic (exact) mass is 340 g/mol. The molecule has 1 unspecified atom stereocenters. The van der Waals surface area contributed by atoms with Gasteiger partial charge in [-0.2, -0.15) is 11.3 Å². The fourth-order valence-corrected chi connectivity index (χ4v) is 3.28. The van der Waals surface area contributed by atoms with Crippen molar-refractivity contribution in [2.75, 3.05) is 25.5 Å². The van der Waals surface area contributed by atoms with Gasteiger partial charge >= 0.3 is 0 Å². The number of hydrogen-bond acceptors (Lipinski definition) is 4. The van der Waals surface area contributed by atoms with Crippen molar-refractivity contribution in [2.24, 2.45) is 0 Å². The third-order valence-electron chi connectivity index (χ3n) is 3.92. The van der Waals surface area contributed by atoms with E-state index in [1.54, 1.807) is 17.6 Å². The van der Waals surface area contributed by atoms with Gasteiger partial charge in [0.2, 0.25) is 0 Å². The molecule has 0 saturated carbocycles. The summed E-state index contributed by atoms with van der Waals surface area (Å²) in [6.45, 7) is 0.495. The van der Waals surface area contributed by atoms with Gasteiger partial charge in [-0.25, -0.2) is 0 Å². The van der Waals surface area contributed by atoms with Crippen LogP contribution in [0, 0.1) is 0 Å². The maximum atomic E-state index is 12.5. The Morgan fingerprint density at radius 3 is 2.79 bits per heavy atom. The molecule has 3 rings (SSSR count). The Hall–Kier alpha value is -2.53. The van der Waals surface area contributed by atoms with Crippen LogP contribution in [0.3, 0.4) is 0 Å². The van der Waals surface area contributed by atoms with E-state index in [2.05, 4.69) is 16.8 Å². The van der Waals surface area contributed by atoms with E-state index in [0.29, 0.717) is 12.1 Å². The molecule has 0 fully saturated rings. The Labute approximate surface area is 145 Å². The highest BCUT2D eigenvalue weighted by molar-refractivity contribution is 7.08. The van der Waals surface area contributed by atoms with Crippen LogP contribution in [-0.2, 0) is 0 Å². The summed E-state index contributed by atoms with van der Waals surface area (Å²) in [6, 6.07) is 13.5. The molecule has 4 nitrogen and oxygen atoms in total. The summed E-state index contributed by atoms with van der Waals surface area (Å²) < 4.78 is 5.55. The number of nitrogens with zero attached hydrogens (tertiary/aromatic N) is 1. The van der Waals surface area contributed by atoms with Crippen molar-refractivity contribution in [3.05, 3.63) is 76.4 Å². The number of hydrogen-bond donors (Lipinski definition) is 1. The molecule has 0 radical (unpaired) electrons. The van der Waals surface area contributed by atoms with E-state index in [1.807, 2.05) is 60.8 Å². The molecule has 24 heavy (non-hydrogen) atoms. The molecule has 0 aliphatic heterocycles. The topological polar surface area (TPSA) is 45.5 Å². The summed E-state index contributed by atoms with van der Waals surface area (Å²) in [4.78, 5) is 14.5. The molecule has 2 heterocycles. The van der Waals surface area contributed by atoms with Crippen LogP contribution in [0.2, 0.25) is 0 Å². The molecule has 1 atom stereocenters. The fraction of sp³-hybridized carbons (Fsp3) is 0.211. The van der Waals surface area contributed by atoms with E-state index in [1.165, 1.54) is 0 Å². The molecule has 124 valence electrons. The molecule has 0 spiro atoms. The highest BCUT2D eigenvalue weighted by atomic mass is 32.1. The minimum absolute atomic E-state index is 0.0206. The fourth-order valence-electron chi connectivity index (χ4n) is 2.57. The quantitative estimate of drug-likeness (QED) is 0.738. The van der Waals surface area contributed by atoms with Gasteiger partial charge in [0.15, 0.2) is 0 Å². The van der Waals surface area contributed by atoms with Gasteiger partial charge in [-0.1, -0.05) is 6.07 Å². The lowest BCUT2D eigenvalue weighted by Crippen LogP contribution is -2.28. The van der Waals surface area contributed by atoms with Gasteiger partial charge in [0.25, 0.3) is 5.91 Å². The molecule has 2 aromatic heterocycles. The lowest BCUT2D eigenvalue weighted by atomic mass is 9.99. The molecule has 1 amide bonds. The van der Waals surface area contributed by atoms with Crippen molar-refractivity contribution in [1.82, 2.24) is 5.32 Å². The average Bonchev–Trinajstić information content (AvgIpc) is 3.29. The van der Waals surface area contributed by atoms with Crippen molar-refractivity contribution >= 4 is 22.9 Å². The van der Waals surface area contributed by atoms with Gasteiger partial charge in [-0.3, -0.25) is 4.79 Å². The lowest BCUT2D eigenvalue weighted by molar-refractivity contribution is 0.0952. The van der Waals surface area contributed by atoms with E-state index in [4.69, 9.17) is 4.42 Å². The third kappa shape index (κ3) is 3.68. The molecular weight excluding hydrogens is 320 g/mol. The van der Waals surface area contributed by atoms with Gasteiger partial charge in [-0.15, -0.1) is 0 Å². The molecule has 0 saturated heterocycles.